The van der Waals surface area contributed by atoms with Crippen LogP contribution in [0, 0.1) is 5.41 Å². The fraction of sp³-hybridized carbons (Fsp3) is 0.650. The normalized spacial score (nSPS) is 13.5. The summed E-state index contributed by atoms with van der Waals surface area (Å²) in [5.74, 6) is 0.839. The minimum absolute atomic E-state index is 0.121. The fourth-order valence-corrected chi connectivity index (χ4v) is 13.1. The van der Waals surface area contributed by atoms with Crippen molar-refractivity contribution in [3.8, 4) is 5.75 Å². The molecule has 0 radical (unpaired) electrons. The van der Waals surface area contributed by atoms with E-state index in [9.17, 15) is 4.79 Å². The van der Waals surface area contributed by atoms with E-state index in [0.29, 0.717) is 18.8 Å². The van der Waals surface area contributed by atoms with Gasteiger partial charge in [-0.3, -0.25) is 4.79 Å². The zero-order valence-electron chi connectivity index (χ0n) is 19.3. The lowest BCUT2D eigenvalue weighted by atomic mass is 9.86. The first-order chi connectivity index (χ1) is 12.5. The maximum absolute atomic E-state index is 12.3. The molecule has 0 saturated carbocycles. The van der Waals surface area contributed by atoms with Gasteiger partial charge in [0.2, 0.25) is 0 Å². The Hall–Kier alpha value is -0.779. The van der Waals surface area contributed by atoms with Crippen LogP contribution in [0.15, 0.2) is 24.3 Å². The van der Waals surface area contributed by atoms with E-state index in [1.165, 1.54) is 0 Å². The lowest BCUT2D eigenvalue weighted by molar-refractivity contribution is 0.0858. The van der Waals surface area contributed by atoms with Crippen molar-refractivity contribution in [2.24, 2.45) is 5.41 Å². The fourth-order valence-electron chi connectivity index (χ4n) is 2.71. The van der Waals surface area contributed by atoms with Gasteiger partial charge in [0, 0.05) is 17.5 Å². The highest BCUT2D eigenvalue weighted by molar-refractivity contribution is 6.85. The molecule has 0 saturated heterocycles. The molecule has 0 aliphatic rings. The Morgan fingerprint density at radius 1 is 0.821 bits per heavy atom. The van der Waals surface area contributed by atoms with Crippen molar-refractivity contribution >= 4 is 31.2 Å². The van der Waals surface area contributed by atoms with Crippen molar-refractivity contribution in [3.05, 3.63) is 29.8 Å². The Kier molecular flexibility index (Phi) is 8.44. The van der Waals surface area contributed by atoms with Crippen molar-refractivity contribution in [1.82, 2.24) is 0 Å². The smallest absolute Gasteiger partial charge is 0.476 e. The molecule has 0 amide bonds. The van der Waals surface area contributed by atoms with E-state index < -0.39 is 30.9 Å². The van der Waals surface area contributed by atoms with E-state index >= 15 is 0 Å². The third kappa shape index (κ3) is 9.62. The third-order valence-corrected chi connectivity index (χ3v) is 12.1. The number of Topliss-reactive ketones (excluding diaryl/α,β-unsaturated/α-hetero) is 1. The molecule has 1 aromatic carbocycles. The summed E-state index contributed by atoms with van der Waals surface area (Å²) in [4.78, 5) is 12.3. The van der Waals surface area contributed by atoms with Crippen molar-refractivity contribution in [3.63, 3.8) is 0 Å². The first-order valence-electron chi connectivity index (χ1n) is 9.83. The summed E-state index contributed by atoms with van der Waals surface area (Å²) in [7, 11) is -6.28. The van der Waals surface area contributed by atoms with Gasteiger partial charge >= 0.3 is 8.80 Å². The SMILES string of the molecule is CC(C)(C)C(=O)c1ccc(OCCO[Si](C)(O[Si](C)(C)C)O[Si](C)(C)C)cc1. The number of ketones is 1. The monoisotopic (exact) mass is 442 g/mol. The van der Waals surface area contributed by atoms with Crippen LogP contribution in [-0.4, -0.2) is 44.4 Å². The minimum atomic E-state index is -2.70. The average molecular weight is 443 g/mol. The van der Waals surface area contributed by atoms with Gasteiger partial charge < -0.3 is 17.4 Å². The standard InChI is InChI=1S/C20H38O5Si3/c1-20(2,3)19(21)17-11-13-18(14-12-17)22-15-16-23-28(10,24-26(4,5)6)25-27(7,8)9/h11-14H,15-16H2,1-10H3. The molecule has 28 heavy (non-hydrogen) atoms. The van der Waals surface area contributed by atoms with Gasteiger partial charge in [-0.25, -0.2) is 0 Å². The molecule has 0 heterocycles. The van der Waals surface area contributed by atoms with Gasteiger partial charge in [0.15, 0.2) is 22.4 Å². The molecule has 0 bridgehead atoms. The minimum Gasteiger partial charge on any atom is -0.491 e. The van der Waals surface area contributed by atoms with Crippen LogP contribution < -0.4 is 4.74 Å². The van der Waals surface area contributed by atoms with Gasteiger partial charge in [-0.15, -0.1) is 0 Å². The molecule has 0 aromatic heterocycles. The molecule has 0 atom stereocenters. The first kappa shape index (κ1) is 25.3. The Morgan fingerprint density at radius 3 is 1.68 bits per heavy atom. The largest absolute Gasteiger partial charge is 0.491 e. The molecule has 8 heteroatoms. The van der Waals surface area contributed by atoms with Crippen LogP contribution >= 0.6 is 0 Å². The summed E-state index contributed by atoms with van der Waals surface area (Å²) in [6, 6.07) is 7.27. The zero-order chi connectivity index (χ0) is 21.8. The number of hydrogen-bond acceptors (Lipinski definition) is 5. The molecule has 0 spiro atoms. The number of rotatable bonds is 10. The van der Waals surface area contributed by atoms with Gasteiger partial charge in [-0.1, -0.05) is 20.8 Å². The molecule has 160 valence electrons. The van der Waals surface area contributed by atoms with E-state index in [4.69, 9.17) is 17.4 Å². The van der Waals surface area contributed by atoms with E-state index in [1.807, 2.05) is 51.6 Å². The van der Waals surface area contributed by atoms with Crippen LogP contribution in [0.5, 0.6) is 5.75 Å². The lowest BCUT2D eigenvalue weighted by Crippen LogP contribution is -2.55. The summed E-state index contributed by atoms with van der Waals surface area (Å²) in [5, 5.41) is 0. The Morgan fingerprint density at radius 2 is 1.29 bits per heavy atom. The van der Waals surface area contributed by atoms with Crippen LogP contribution in [0.3, 0.4) is 0 Å². The highest BCUT2D eigenvalue weighted by atomic mass is 28.5. The van der Waals surface area contributed by atoms with Crippen LogP contribution in [0.4, 0.5) is 0 Å². The maximum atomic E-state index is 12.3. The number of carbonyl (C=O) groups excluding carboxylic acids is 1. The van der Waals surface area contributed by atoms with Crippen molar-refractivity contribution in [2.75, 3.05) is 13.2 Å². The number of ether oxygens (including phenoxy) is 1. The molecule has 5 nitrogen and oxygen atoms in total. The Balaban J connectivity index is 2.62. The molecular weight excluding hydrogens is 404 g/mol. The quantitative estimate of drug-likeness (QED) is 0.269. The zero-order valence-corrected chi connectivity index (χ0v) is 22.3. The number of hydrogen-bond donors (Lipinski definition) is 0. The summed E-state index contributed by atoms with van der Waals surface area (Å²) in [5.41, 5.74) is 0.307. The predicted octanol–water partition coefficient (Wildman–Crippen LogP) is 5.58. The van der Waals surface area contributed by atoms with E-state index in [1.54, 1.807) is 0 Å². The van der Waals surface area contributed by atoms with Crippen LogP contribution in [0.2, 0.25) is 45.8 Å². The highest BCUT2D eigenvalue weighted by Gasteiger charge is 2.43. The molecule has 0 fully saturated rings. The summed E-state index contributed by atoms with van der Waals surface area (Å²) >= 11 is 0. The van der Waals surface area contributed by atoms with Crippen molar-refractivity contribution in [1.29, 1.82) is 0 Å². The van der Waals surface area contributed by atoms with Gasteiger partial charge in [0.05, 0.1) is 6.61 Å². The topological polar surface area (TPSA) is 54.0 Å². The Bertz CT molecular complexity index is 624. The summed E-state index contributed by atoms with van der Waals surface area (Å²) in [6.07, 6.45) is 0. The van der Waals surface area contributed by atoms with Gasteiger partial charge in [0.1, 0.15) is 12.4 Å². The second kappa shape index (κ2) is 9.36. The summed E-state index contributed by atoms with van der Waals surface area (Å²) in [6.45, 7) is 21.4. The summed E-state index contributed by atoms with van der Waals surface area (Å²) < 4.78 is 24.5. The molecule has 0 unspecified atom stereocenters. The van der Waals surface area contributed by atoms with Gasteiger partial charge in [-0.05, 0) is 63.5 Å². The molecule has 0 aliphatic heterocycles. The maximum Gasteiger partial charge on any atom is 0.476 e. The molecule has 1 aromatic rings. The van der Waals surface area contributed by atoms with Crippen molar-refractivity contribution in [2.45, 2.75) is 66.6 Å². The van der Waals surface area contributed by atoms with E-state index in [0.717, 1.165) is 5.75 Å². The molecule has 0 N–H and O–H groups in total. The second-order valence-corrected chi connectivity index (χ2v) is 22.2. The van der Waals surface area contributed by atoms with Gasteiger partial charge in [-0.2, -0.15) is 0 Å². The average Bonchev–Trinajstić information content (AvgIpc) is 2.47. The van der Waals surface area contributed by atoms with Crippen LogP contribution in [0.1, 0.15) is 31.1 Å². The number of benzene rings is 1. The predicted molar refractivity (Wildman–Crippen MR) is 122 cm³/mol. The van der Waals surface area contributed by atoms with Crippen LogP contribution in [0.25, 0.3) is 0 Å². The van der Waals surface area contributed by atoms with Crippen molar-refractivity contribution < 1.29 is 22.2 Å². The second-order valence-electron chi connectivity index (χ2n) is 10.1. The first-order valence-corrected chi connectivity index (χ1v) is 18.9. The van der Waals surface area contributed by atoms with E-state index in [-0.39, 0.29) is 5.78 Å². The van der Waals surface area contributed by atoms with Crippen LogP contribution in [-0.2, 0) is 12.7 Å². The number of carbonyl (C=O) groups is 1. The highest BCUT2D eigenvalue weighted by Crippen LogP contribution is 2.23. The van der Waals surface area contributed by atoms with E-state index in [2.05, 4.69) is 39.3 Å². The van der Waals surface area contributed by atoms with Gasteiger partial charge in [0.25, 0.3) is 0 Å². The lowest BCUT2D eigenvalue weighted by Gasteiger charge is -2.37. The molecular formula is C20H38O5Si3. The third-order valence-electron chi connectivity index (χ3n) is 3.50. The molecule has 1 rings (SSSR count). The molecule has 0 aliphatic carbocycles. The Labute approximate surface area is 174 Å².